The van der Waals surface area contributed by atoms with E-state index in [1.807, 2.05) is 7.05 Å². The van der Waals surface area contributed by atoms with Gasteiger partial charge in [-0.15, -0.1) is 0 Å². The highest BCUT2D eigenvalue weighted by Crippen LogP contribution is 2.38. The Hall–Kier alpha value is -0.120. The van der Waals surface area contributed by atoms with Crippen LogP contribution in [0.3, 0.4) is 0 Å². The third kappa shape index (κ3) is 2.73. The van der Waals surface area contributed by atoms with E-state index in [0.717, 1.165) is 18.3 Å². The van der Waals surface area contributed by atoms with Gasteiger partial charge in [-0.2, -0.15) is 0 Å². The molecule has 0 aromatic rings. The van der Waals surface area contributed by atoms with E-state index < -0.39 is 0 Å². The van der Waals surface area contributed by atoms with Crippen LogP contribution in [0.25, 0.3) is 0 Å². The van der Waals surface area contributed by atoms with Gasteiger partial charge in [0, 0.05) is 18.6 Å². The average molecular weight is 254 g/mol. The van der Waals surface area contributed by atoms with Crippen molar-refractivity contribution < 1.29 is 5.11 Å². The van der Waals surface area contributed by atoms with Crippen LogP contribution in [0.15, 0.2) is 0 Å². The standard InChI is InChI=1S/C15H30N2O/c1-12-9-17(10-13(12)2)8-6-14-5-4-7-15(14,11-18)16-3/h12-14,16,18H,4-11H2,1-3H3. The maximum absolute atomic E-state index is 9.69. The van der Waals surface area contributed by atoms with Gasteiger partial charge in [-0.25, -0.2) is 0 Å². The molecule has 2 rings (SSSR count). The third-order valence-corrected chi connectivity index (χ3v) is 5.59. The van der Waals surface area contributed by atoms with Crippen LogP contribution in [0, 0.1) is 17.8 Å². The molecule has 1 saturated heterocycles. The Kier molecular flexibility index (Phi) is 4.68. The summed E-state index contributed by atoms with van der Waals surface area (Å²) in [6.07, 6.45) is 4.91. The van der Waals surface area contributed by atoms with Crippen LogP contribution < -0.4 is 5.32 Å². The molecule has 0 aromatic carbocycles. The van der Waals surface area contributed by atoms with Gasteiger partial charge in [0.05, 0.1) is 6.61 Å². The van der Waals surface area contributed by atoms with E-state index in [1.54, 1.807) is 0 Å². The second-order valence-electron chi connectivity index (χ2n) is 6.66. The van der Waals surface area contributed by atoms with E-state index >= 15 is 0 Å². The van der Waals surface area contributed by atoms with Crippen molar-refractivity contribution in [2.75, 3.05) is 33.3 Å². The molecule has 0 amide bonds. The van der Waals surface area contributed by atoms with E-state index in [9.17, 15) is 5.11 Å². The van der Waals surface area contributed by atoms with Crippen molar-refractivity contribution in [2.24, 2.45) is 17.8 Å². The maximum atomic E-state index is 9.69. The van der Waals surface area contributed by atoms with Crippen LogP contribution in [0.1, 0.15) is 39.5 Å². The summed E-state index contributed by atoms with van der Waals surface area (Å²) in [6, 6.07) is 0. The van der Waals surface area contributed by atoms with Crippen molar-refractivity contribution in [1.29, 1.82) is 0 Å². The van der Waals surface area contributed by atoms with Crippen molar-refractivity contribution in [2.45, 2.75) is 45.1 Å². The summed E-state index contributed by atoms with van der Waals surface area (Å²) >= 11 is 0. The first-order valence-corrected chi connectivity index (χ1v) is 7.63. The molecular formula is C15H30N2O. The monoisotopic (exact) mass is 254 g/mol. The number of nitrogens with one attached hydrogen (secondary N) is 1. The number of likely N-dealkylation sites (N-methyl/N-ethyl adjacent to an activating group) is 1. The molecule has 2 aliphatic rings. The Balaban J connectivity index is 1.83. The Morgan fingerprint density at radius 3 is 2.50 bits per heavy atom. The lowest BCUT2D eigenvalue weighted by Crippen LogP contribution is -2.50. The van der Waals surface area contributed by atoms with Gasteiger partial charge in [0.15, 0.2) is 0 Å². The number of rotatable bonds is 5. The number of nitrogens with zero attached hydrogens (tertiary/aromatic N) is 1. The Bertz CT molecular complexity index is 255. The van der Waals surface area contributed by atoms with Gasteiger partial charge >= 0.3 is 0 Å². The SMILES string of the molecule is CNC1(CO)CCCC1CCN1CC(C)C(C)C1. The number of hydrogen-bond donors (Lipinski definition) is 2. The molecule has 3 nitrogen and oxygen atoms in total. The summed E-state index contributed by atoms with van der Waals surface area (Å²) in [7, 11) is 2.01. The van der Waals surface area contributed by atoms with Crippen LogP contribution >= 0.6 is 0 Å². The molecule has 0 aromatic heterocycles. The van der Waals surface area contributed by atoms with Crippen molar-refractivity contribution >= 4 is 0 Å². The Labute approximate surface area is 112 Å². The molecule has 18 heavy (non-hydrogen) atoms. The maximum Gasteiger partial charge on any atom is 0.0615 e. The van der Waals surface area contributed by atoms with Crippen molar-refractivity contribution in [3.8, 4) is 0 Å². The number of hydrogen-bond acceptors (Lipinski definition) is 3. The fraction of sp³-hybridized carbons (Fsp3) is 1.00. The second kappa shape index (κ2) is 5.89. The van der Waals surface area contributed by atoms with Crippen LogP contribution in [0.5, 0.6) is 0 Å². The van der Waals surface area contributed by atoms with Crippen LogP contribution in [0.2, 0.25) is 0 Å². The largest absolute Gasteiger partial charge is 0.394 e. The van der Waals surface area contributed by atoms with Gasteiger partial charge in [-0.05, 0) is 50.6 Å². The van der Waals surface area contributed by atoms with E-state index in [4.69, 9.17) is 0 Å². The summed E-state index contributed by atoms with van der Waals surface area (Å²) in [6.45, 7) is 8.76. The zero-order valence-electron chi connectivity index (χ0n) is 12.3. The molecule has 1 aliphatic heterocycles. The van der Waals surface area contributed by atoms with Gasteiger partial charge in [0.1, 0.15) is 0 Å². The van der Waals surface area contributed by atoms with Crippen molar-refractivity contribution in [3.05, 3.63) is 0 Å². The molecule has 1 heterocycles. The minimum Gasteiger partial charge on any atom is -0.394 e. The molecule has 3 heteroatoms. The van der Waals surface area contributed by atoms with Crippen LogP contribution in [0.4, 0.5) is 0 Å². The summed E-state index contributed by atoms with van der Waals surface area (Å²) in [5.74, 6) is 2.35. The van der Waals surface area contributed by atoms with Crippen LogP contribution in [-0.4, -0.2) is 48.8 Å². The topological polar surface area (TPSA) is 35.5 Å². The summed E-state index contributed by atoms with van der Waals surface area (Å²) < 4.78 is 0. The lowest BCUT2D eigenvalue weighted by molar-refractivity contribution is 0.120. The molecule has 4 unspecified atom stereocenters. The Morgan fingerprint density at radius 1 is 1.28 bits per heavy atom. The first kappa shape index (κ1) is 14.3. The number of likely N-dealkylation sites (tertiary alicyclic amines) is 1. The van der Waals surface area contributed by atoms with Crippen LogP contribution in [-0.2, 0) is 0 Å². The molecule has 2 N–H and O–H groups in total. The fourth-order valence-electron chi connectivity index (χ4n) is 3.95. The normalized spacial score (nSPS) is 41.7. The highest BCUT2D eigenvalue weighted by Gasteiger charge is 2.41. The number of aliphatic hydroxyl groups excluding tert-OH is 1. The quantitative estimate of drug-likeness (QED) is 0.784. The van der Waals surface area contributed by atoms with Gasteiger partial charge in [-0.3, -0.25) is 0 Å². The minimum absolute atomic E-state index is 0.0109. The van der Waals surface area contributed by atoms with Gasteiger partial charge in [-0.1, -0.05) is 20.3 Å². The summed E-state index contributed by atoms with van der Waals surface area (Å²) in [5.41, 5.74) is 0.0109. The first-order chi connectivity index (χ1) is 8.61. The summed E-state index contributed by atoms with van der Waals surface area (Å²) in [5, 5.41) is 13.1. The lowest BCUT2D eigenvalue weighted by atomic mass is 9.85. The number of aliphatic hydroxyl groups is 1. The highest BCUT2D eigenvalue weighted by atomic mass is 16.3. The highest BCUT2D eigenvalue weighted by molar-refractivity contribution is 4.98. The average Bonchev–Trinajstić information content (AvgIpc) is 2.91. The zero-order valence-corrected chi connectivity index (χ0v) is 12.3. The first-order valence-electron chi connectivity index (χ1n) is 7.63. The van der Waals surface area contributed by atoms with E-state index in [0.29, 0.717) is 12.5 Å². The smallest absolute Gasteiger partial charge is 0.0615 e. The van der Waals surface area contributed by atoms with E-state index in [-0.39, 0.29) is 5.54 Å². The molecule has 0 bridgehead atoms. The molecule has 1 aliphatic carbocycles. The molecule has 0 spiro atoms. The third-order valence-electron chi connectivity index (χ3n) is 5.59. The molecule has 106 valence electrons. The molecule has 2 fully saturated rings. The van der Waals surface area contributed by atoms with Crippen molar-refractivity contribution in [1.82, 2.24) is 10.2 Å². The predicted molar refractivity (Wildman–Crippen MR) is 75.6 cm³/mol. The lowest BCUT2D eigenvalue weighted by Gasteiger charge is -2.34. The molecular weight excluding hydrogens is 224 g/mol. The predicted octanol–water partition coefficient (Wildman–Crippen LogP) is 1.71. The fourth-order valence-corrected chi connectivity index (χ4v) is 3.95. The van der Waals surface area contributed by atoms with Crippen molar-refractivity contribution in [3.63, 3.8) is 0 Å². The second-order valence-corrected chi connectivity index (χ2v) is 6.66. The van der Waals surface area contributed by atoms with Gasteiger partial charge < -0.3 is 15.3 Å². The molecule has 4 atom stereocenters. The Morgan fingerprint density at radius 2 is 1.94 bits per heavy atom. The van der Waals surface area contributed by atoms with E-state index in [1.165, 1.54) is 38.9 Å². The van der Waals surface area contributed by atoms with Gasteiger partial charge in [0.2, 0.25) is 0 Å². The zero-order chi connectivity index (χ0) is 13.2. The summed E-state index contributed by atoms with van der Waals surface area (Å²) in [4.78, 5) is 2.62. The molecule has 0 radical (unpaired) electrons. The molecule has 1 saturated carbocycles. The van der Waals surface area contributed by atoms with E-state index in [2.05, 4.69) is 24.1 Å². The minimum atomic E-state index is 0.0109. The van der Waals surface area contributed by atoms with Gasteiger partial charge in [0.25, 0.3) is 0 Å².